The van der Waals surface area contributed by atoms with E-state index in [0.717, 1.165) is 36.3 Å². The molecule has 1 aromatic heterocycles. The number of benzene rings is 2. The van der Waals surface area contributed by atoms with E-state index >= 15 is 0 Å². The summed E-state index contributed by atoms with van der Waals surface area (Å²) in [4.78, 5) is 17.9. The average Bonchev–Trinajstić information content (AvgIpc) is 3.38. The van der Waals surface area contributed by atoms with Gasteiger partial charge in [0.05, 0.1) is 39.0 Å². The average molecular weight is 498 g/mol. The van der Waals surface area contributed by atoms with Crippen molar-refractivity contribution in [2.24, 2.45) is 0 Å². The van der Waals surface area contributed by atoms with Gasteiger partial charge in [-0.05, 0) is 68.4 Å². The SMILES string of the molecule is CCOc1ccc(NC(=S)N(Cc2cc3cc(OC)c(OC)cc3[nH]c2=O)C[C@@H]2CCCO2)cc1. The molecule has 0 bridgehead atoms. The predicted octanol–water partition coefficient (Wildman–Crippen LogP) is 4.32. The summed E-state index contributed by atoms with van der Waals surface area (Å²) >= 11 is 5.77. The Labute approximate surface area is 210 Å². The fourth-order valence-electron chi connectivity index (χ4n) is 4.16. The van der Waals surface area contributed by atoms with Crippen LogP contribution >= 0.6 is 12.2 Å². The van der Waals surface area contributed by atoms with Crippen molar-refractivity contribution in [1.82, 2.24) is 9.88 Å². The van der Waals surface area contributed by atoms with Crippen molar-refractivity contribution in [3.8, 4) is 17.2 Å². The maximum atomic E-state index is 13.0. The van der Waals surface area contributed by atoms with Gasteiger partial charge in [0.25, 0.3) is 5.56 Å². The number of rotatable bonds is 9. The van der Waals surface area contributed by atoms with Crippen LogP contribution in [0.25, 0.3) is 10.9 Å². The maximum Gasteiger partial charge on any atom is 0.253 e. The van der Waals surface area contributed by atoms with Crippen LogP contribution in [-0.2, 0) is 11.3 Å². The Morgan fingerprint density at radius 2 is 1.91 bits per heavy atom. The third-order valence-electron chi connectivity index (χ3n) is 5.94. The number of aromatic nitrogens is 1. The Kier molecular flexibility index (Phi) is 8.09. The van der Waals surface area contributed by atoms with Crippen LogP contribution < -0.4 is 25.1 Å². The van der Waals surface area contributed by atoms with E-state index in [2.05, 4.69) is 10.3 Å². The molecule has 9 heteroatoms. The number of nitrogens with zero attached hydrogens (tertiary/aromatic N) is 1. The fourth-order valence-corrected chi connectivity index (χ4v) is 4.42. The van der Waals surface area contributed by atoms with Crippen LogP contribution in [0.5, 0.6) is 17.2 Å². The first-order chi connectivity index (χ1) is 17.0. The monoisotopic (exact) mass is 497 g/mol. The summed E-state index contributed by atoms with van der Waals surface area (Å²) in [6.45, 7) is 4.23. The summed E-state index contributed by atoms with van der Waals surface area (Å²) in [5.74, 6) is 1.96. The van der Waals surface area contributed by atoms with Crippen LogP contribution in [0.1, 0.15) is 25.3 Å². The maximum absolute atomic E-state index is 13.0. The summed E-state index contributed by atoms with van der Waals surface area (Å²) in [5.41, 5.74) is 1.95. The molecule has 2 N–H and O–H groups in total. The quantitative estimate of drug-likeness (QED) is 0.423. The van der Waals surface area contributed by atoms with Gasteiger partial charge in [0.15, 0.2) is 16.6 Å². The van der Waals surface area contributed by atoms with E-state index in [1.165, 1.54) is 0 Å². The molecule has 0 saturated carbocycles. The van der Waals surface area contributed by atoms with E-state index in [4.69, 9.17) is 31.2 Å². The number of anilines is 1. The highest BCUT2D eigenvalue weighted by Crippen LogP contribution is 2.31. The second-order valence-electron chi connectivity index (χ2n) is 8.32. The van der Waals surface area contributed by atoms with Gasteiger partial charge in [0.2, 0.25) is 0 Å². The number of H-pyrrole nitrogens is 1. The van der Waals surface area contributed by atoms with Crippen LogP contribution in [0.4, 0.5) is 5.69 Å². The van der Waals surface area contributed by atoms with Gasteiger partial charge >= 0.3 is 0 Å². The molecule has 2 aromatic carbocycles. The molecule has 1 saturated heterocycles. The predicted molar refractivity (Wildman–Crippen MR) is 141 cm³/mol. The molecule has 1 aliphatic heterocycles. The van der Waals surface area contributed by atoms with Gasteiger partial charge in [-0.1, -0.05) is 0 Å². The van der Waals surface area contributed by atoms with E-state index in [1.807, 2.05) is 48.2 Å². The normalized spacial score (nSPS) is 15.1. The van der Waals surface area contributed by atoms with E-state index in [-0.39, 0.29) is 11.7 Å². The van der Waals surface area contributed by atoms with Gasteiger partial charge in [-0.25, -0.2) is 0 Å². The largest absolute Gasteiger partial charge is 0.494 e. The van der Waals surface area contributed by atoms with Crippen LogP contribution in [0.2, 0.25) is 0 Å². The molecule has 1 fully saturated rings. The first kappa shape index (κ1) is 24.8. The Balaban J connectivity index is 1.59. The molecule has 4 rings (SSSR count). The summed E-state index contributed by atoms with van der Waals surface area (Å²) in [7, 11) is 3.15. The highest BCUT2D eigenvalue weighted by Gasteiger charge is 2.22. The molecule has 1 atom stereocenters. The van der Waals surface area contributed by atoms with Gasteiger partial charge in [0.1, 0.15) is 5.75 Å². The molecule has 8 nitrogen and oxygen atoms in total. The number of pyridine rings is 1. The lowest BCUT2D eigenvalue weighted by Gasteiger charge is -2.28. The zero-order chi connectivity index (χ0) is 24.8. The molecule has 0 radical (unpaired) electrons. The minimum absolute atomic E-state index is 0.0685. The van der Waals surface area contributed by atoms with Crippen molar-refractivity contribution < 1.29 is 18.9 Å². The second-order valence-corrected chi connectivity index (χ2v) is 8.71. The molecule has 0 spiro atoms. The van der Waals surface area contributed by atoms with Crippen molar-refractivity contribution in [1.29, 1.82) is 0 Å². The van der Waals surface area contributed by atoms with Crippen molar-refractivity contribution in [2.75, 3.05) is 39.3 Å². The lowest BCUT2D eigenvalue weighted by molar-refractivity contribution is 0.0904. The Hall–Kier alpha value is -3.30. The second kappa shape index (κ2) is 11.4. The van der Waals surface area contributed by atoms with Crippen molar-refractivity contribution in [2.45, 2.75) is 32.4 Å². The minimum Gasteiger partial charge on any atom is -0.494 e. The molecule has 35 heavy (non-hydrogen) atoms. The molecule has 0 unspecified atom stereocenters. The smallest absolute Gasteiger partial charge is 0.253 e. The van der Waals surface area contributed by atoms with Crippen LogP contribution in [-0.4, -0.2) is 55.1 Å². The number of hydrogen-bond donors (Lipinski definition) is 2. The first-order valence-electron chi connectivity index (χ1n) is 11.7. The van der Waals surface area contributed by atoms with Crippen molar-refractivity contribution >= 4 is 33.9 Å². The number of hydrogen-bond acceptors (Lipinski definition) is 6. The number of aromatic amines is 1. The summed E-state index contributed by atoms with van der Waals surface area (Å²) in [5, 5.41) is 4.66. The van der Waals surface area contributed by atoms with E-state index in [0.29, 0.717) is 47.4 Å². The topological polar surface area (TPSA) is 85.1 Å². The highest BCUT2D eigenvalue weighted by atomic mass is 32.1. The van der Waals surface area contributed by atoms with Crippen LogP contribution in [0, 0.1) is 0 Å². The van der Waals surface area contributed by atoms with Crippen molar-refractivity contribution in [3.63, 3.8) is 0 Å². The zero-order valence-corrected chi connectivity index (χ0v) is 21.1. The summed E-state index contributed by atoms with van der Waals surface area (Å²) < 4.78 is 22.2. The Bertz CT molecular complexity index is 1220. The lowest BCUT2D eigenvalue weighted by atomic mass is 10.1. The van der Waals surface area contributed by atoms with Gasteiger partial charge in [-0.3, -0.25) is 4.79 Å². The fraction of sp³-hybridized carbons (Fsp3) is 0.385. The van der Waals surface area contributed by atoms with E-state index in [9.17, 15) is 4.79 Å². The Morgan fingerprint density at radius 3 is 2.57 bits per heavy atom. The van der Waals surface area contributed by atoms with Crippen LogP contribution in [0.3, 0.4) is 0 Å². The third-order valence-corrected chi connectivity index (χ3v) is 6.30. The van der Waals surface area contributed by atoms with E-state index < -0.39 is 0 Å². The Morgan fingerprint density at radius 1 is 1.17 bits per heavy atom. The molecule has 0 aliphatic carbocycles. The van der Waals surface area contributed by atoms with Gasteiger partial charge in [0, 0.05) is 35.9 Å². The summed E-state index contributed by atoms with van der Waals surface area (Å²) in [6, 6.07) is 13.1. The zero-order valence-electron chi connectivity index (χ0n) is 20.3. The number of fused-ring (bicyclic) bond motifs is 1. The standard InChI is InChI=1S/C26H31N3O5S/c1-4-33-20-9-7-19(8-10-20)27-26(35)29(16-21-6-5-11-34-21)15-18-12-17-13-23(31-2)24(32-3)14-22(17)28-25(18)30/h7-10,12-14,21H,4-6,11,15-16H2,1-3H3,(H,27,35)(H,28,30)/t21-/m0/s1. The summed E-state index contributed by atoms with van der Waals surface area (Å²) in [6.07, 6.45) is 2.06. The van der Waals surface area contributed by atoms with E-state index in [1.54, 1.807) is 20.3 Å². The number of ether oxygens (including phenoxy) is 4. The molecular weight excluding hydrogens is 466 g/mol. The highest BCUT2D eigenvalue weighted by molar-refractivity contribution is 7.80. The number of nitrogens with one attached hydrogen (secondary N) is 2. The lowest BCUT2D eigenvalue weighted by Crippen LogP contribution is -2.40. The molecule has 1 aliphatic rings. The first-order valence-corrected chi connectivity index (χ1v) is 12.1. The molecule has 186 valence electrons. The van der Waals surface area contributed by atoms with Crippen molar-refractivity contribution in [3.05, 3.63) is 58.4 Å². The third kappa shape index (κ3) is 6.04. The molecule has 0 amide bonds. The van der Waals surface area contributed by atoms with Gasteiger partial charge < -0.3 is 34.1 Å². The molecule has 2 heterocycles. The molecular formula is C26H31N3O5S. The number of methoxy groups -OCH3 is 2. The van der Waals surface area contributed by atoms with Gasteiger partial charge in [-0.2, -0.15) is 0 Å². The molecule has 3 aromatic rings. The minimum atomic E-state index is -0.175. The van der Waals surface area contributed by atoms with Gasteiger partial charge in [-0.15, -0.1) is 0 Å². The number of thiocarbonyl (C=S) groups is 1. The van der Waals surface area contributed by atoms with Crippen LogP contribution in [0.15, 0.2) is 47.3 Å².